The van der Waals surface area contributed by atoms with E-state index in [0.29, 0.717) is 11.6 Å². The number of halogens is 1. The smallest absolute Gasteiger partial charge is 0.134 e. The molecule has 2 N–H and O–H groups in total. The Balaban J connectivity index is 1.97. The third kappa shape index (κ3) is 3.91. The first-order valence-electron chi connectivity index (χ1n) is 6.27. The molecule has 0 atom stereocenters. The highest BCUT2D eigenvalue weighted by Crippen LogP contribution is 2.33. The van der Waals surface area contributed by atoms with E-state index in [1.165, 1.54) is 10.8 Å². The van der Waals surface area contributed by atoms with Gasteiger partial charge in [-0.05, 0) is 52.0 Å². The lowest BCUT2D eigenvalue weighted by Gasteiger charge is -2.10. The van der Waals surface area contributed by atoms with Crippen molar-refractivity contribution in [2.24, 2.45) is 5.73 Å². The highest BCUT2D eigenvalue weighted by Gasteiger charge is 2.05. The maximum absolute atomic E-state index is 5.80. The number of ether oxygens (including phenoxy) is 1. The topological polar surface area (TPSA) is 35.2 Å². The number of hydrogen-bond acceptors (Lipinski definition) is 2. The highest BCUT2D eigenvalue weighted by molar-refractivity contribution is 9.10. The number of hydrogen-bond donors (Lipinski definition) is 1. The van der Waals surface area contributed by atoms with Crippen molar-refractivity contribution in [3.05, 3.63) is 40.9 Å². The molecule has 0 unspecified atom stereocenters. The van der Waals surface area contributed by atoms with Gasteiger partial charge in [-0.15, -0.1) is 0 Å². The van der Waals surface area contributed by atoms with Crippen molar-refractivity contribution >= 4 is 43.9 Å². The van der Waals surface area contributed by atoms with Crippen LogP contribution in [0, 0.1) is 0 Å². The first kappa shape index (κ1) is 14.3. The minimum atomic E-state index is 0.576. The van der Waals surface area contributed by atoms with Gasteiger partial charge in [0.25, 0.3) is 0 Å². The number of thiocarbonyl (C=S) groups is 1. The van der Waals surface area contributed by atoms with Gasteiger partial charge in [-0.25, -0.2) is 0 Å². The van der Waals surface area contributed by atoms with Crippen molar-refractivity contribution in [3.8, 4) is 5.75 Å². The van der Waals surface area contributed by atoms with E-state index in [0.717, 1.165) is 29.5 Å². The van der Waals surface area contributed by atoms with Crippen LogP contribution >= 0.6 is 28.1 Å². The summed E-state index contributed by atoms with van der Waals surface area (Å²) in [7, 11) is 0. The van der Waals surface area contributed by atoms with Crippen LogP contribution in [0.25, 0.3) is 10.8 Å². The van der Waals surface area contributed by atoms with Gasteiger partial charge in [-0.3, -0.25) is 0 Å². The van der Waals surface area contributed by atoms with Crippen LogP contribution in [0.1, 0.15) is 19.3 Å². The van der Waals surface area contributed by atoms with Crippen molar-refractivity contribution in [2.45, 2.75) is 19.3 Å². The molecule has 0 fully saturated rings. The molecule has 0 spiro atoms. The van der Waals surface area contributed by atoms with Gasteiger partial charge in [0.05, 0.1) is 16.1 Å². The Bertz CT molecular complexity index is 585. The minimum absolute atomic E-state index is 0.576. The maximum Gasteiger partial charge on any atom is 0.134 e. The van der Waals surface area contributed by atoms with Crippen LogP contribution in [0.5, 0.6) is 5.75 Å². The molecular formula is C15H16BrNOS. The van der Waals surface area contributed by atoms with Gasteiger partial charge in [0.1, 0.15) is 5.75 Å². The van der Waals surface area contributed by atoms with Crippen LogP contribution in [0.15, 0.2) is 40.9 Å². The number of unbranched alkanes of at least 4 members (excludes halogenated alkanes) is 1. The lowest BCUT2D eigenvalue weighted by molar-refractivity contribution is 0.306. The molecule has 0 radical (unpaired) electrons. The van der Waals surface area contributed by atoms with Gasteiger partial charge in [0.2, 0.25) is 0 Å². The Morgan fingerprint density at radius 3 is 2.74 bits per heavy atom. The van der Waals surface area contributed by atoms with E-state index in [4.69, 9.17) is 22.7 Å². The largest absolute Gasteiger partial charge is 0.492 e. The van der Waals surface area contributed by atoms with Crippen molar-refractivity contribution in [1.29, 1.82) is 0 Å². The van der Waals surface area contributed by atoms with Crippen molar-refractivity contribution in [2.75, 3.05) is 6.61 Å². The van der Waals surface area contributed by atoms with E-state index in [2.05, 4.69) is 34.1 Å². The van der Waals surface area contributed by atoms with Crippen LogP contribution in [-0.2, 0) is 0 Å². The molecular weight excluding hydrogens is 322 g/mol. The molecule has 100 valence electrons. The molecule has 0 aliphatic heterocycles. The molecule has 2 aromatic carbocycles. The van der Waals surface area contributed by atoms with Crippen LogP contribution in [0.2, 0.25) is 0 Å². The fourth-order valence-corrected chi connectivity index (χ4v) is 2.66. The number of benzene rings is 2. The number of fused-ring (bicyclic) bond motifs is 1. The van der Waals surface area contributed by atoms with Gasteiger partial charge in [-0.2, -0.15) is 0 Å². The predicted octanol–water partition coefficient (Wildman–Crippen LogP) is 4.44. The zero-order valence-corrected chi connectivity index (χ0v) is 13.0. The van der Waals surface area contributed by atoms with Crippen molar-refractivity contribution < 1.29 is 4.74 Å². The van der Waals surface area contributed by atoms with Crippen LogP contribution < -0.4 is 10.5 Å². The van der Waals surface area contributed by atoms with Gasteiger partial charge in [0.15, 0.2) is 0 Å². The van der Waals surface area contributed by atoms with Gasteiger partial charge >= 0.3 is 0 Å². The van der Waals surface area contributed by atoms with Crippen molar-refractivity contribution in [3.63, 3.8) is 0 Å². The fraction of sp³-hybridized carbons (Fsp3) is 0.267. The average Bonchev–Trinajstić information content (AvgIpc) is 2.41. The minimum Gasteiger partial charge on any atom is -0.492 e. The summed E-state index contributed by atoms with van der Waals surface area (Å²) in [5, 5.41) is 2.37. The molecule has 0 aliphatic rings. The maximum atomic E-state index is 5.80. The Morgan fingerprint density at radius 2 is 1.95 bits per heavy atom. The first-order valence-corrected chi connectivity index (χ1v) is 7.47. The quantitative estimate of drug-likeness (QED) is 0.625. The lowest BCUT2D eigenvalue weighted by atomic mass is 10.1. The molecule has 2 aromatic rings. The summed E-state index contributed by atoms with van der Waals surface area (Å²) < 4.78 is 6.81. The molecule has 2 rings (SSSR count). The summed E-state index contributed by atoms with van der Waals surface area (Å²) >= 11 is 8.45. The normalized spacial score (nSPS) is 10.6. The summed E-state index contributed by atoms with van der Waals surface area (Å²) in [5.74, 6) is 0.883. The van der Waals surface area contributed by atoms with Gasteiger partial charge in [0, 0.05) is 0 Å². The van der Waals surface area contributed by atoms with E-state index in [9.17, 15) is 0 Å². The van der Waals surface area contributed by atoms with Crippen LogP contribution in [0.3, 0.4) is 0 Å². The summed E-state index contributed by atoms with van der Waals surface area (Å²) in [6.45, 7) is 0.680. The highest BCUT2D eigenvalue weighted by atomic mass is 79.9. The van der Waals surface area contributed by atoms with Crippen LogP contribution in [0.4, 0.5) is 0 Å². The zero-order chi connectivity index (χ0) is 13.7. The molecule has 0 aromatic heterocycles. The molecule has 0 saturated carbocycles. The third-order valence-electron chi connectivity index (χ3n) is 2.90. The molecule has 4 heteroatoms. The SMILES string of the molecule is NC(=S)CCCCOc1ccc2ccccc2c1Br. The number of nitrogens with two attached hydrogens (primary N) is 1. The number of rotatable bonds is 6. The second-order valence-corrected chi connectivity index (χ2v) is 5.69. The van der Waals surface area contributed by atoms with E-state index < -0.39 is 0 Å². The Morgan fingerprint density at radius 1 is 1.16 bits per heavy atom. The first-order chi connectivity index (χ1) is 9.18. The van der Waals surface area contributed by atoms with Crippen LogP contribution in [-0.4, -0.2) is 11.6 Å². The van der Waals surface area contributed by atoms with E-state index in [1.54, 1.807) is 0 Å². The Hall–Kier alpha value is -1.13. The second-order valence-electron chi connectivity index (χ2n) is 4.37. The lowest BCUT2D eigenvalue weighted by Crippen LogP contribution is -2.08. The summed E-state index contributed by atoms with van der Waals surface area (Å²) in [6, 6.07) is 12.3. The molecule has 0 aliphatic carbocycles. The average molecular weight is 338 g/mol. The fourth-order valence-electron chi connectivity index (χ4n) is 1.91. The van der Waals surface area contributed by atoms with Gasteiger partial charge in [-0.1, -0.05) is 42.5 Å². The van der Waals surface area contributed by atoms with E-state index in [-0.39, 0.29) is 0 Å². The summed E-state index contributed by atoms with van der Waals surface area (Å²) in [6.07, 6.45) is 2.72. The molecule has 2 nitrogen and oxygen atoms in total. The zero-order valence-electron chi connectivity index (χ0n) is 10.6. The molecule has 0 amide bonds. The molecule has 19 heavy (non-hydrogen) atoms. The summed E-state index contributed by atoms with van der Waals surface area (Å²) in [4.78, 5) is 0.576. The second kappa shape index (κ2) is 6.87. The van der Waals surface area contributed by atoms with Gasteiger partial charge < -0.3 is 10.5 Å². The Kier molecular flexibility index (Phi) is 5.16. The van der Waals surface area contributed by atoms with Crippen molar-refractivity contribution in [1.82, 2.24) is 0 Å². The third-order valence-corrected chi connectivity index (χ3v) is 3.93. The van der Waals surface area contributed by atoms with E-state index in [1.807, 2.05) is 18.2 Å². The summed E-state index contributed by atoms with van der Waals surface area (Å²) in [5.41, 5.74) is 5.46. The molecule has 0 bridgehead atoms. The van der Waals surface area contributed by atoms with E-state index >= 15 is 0 Å². The predicted molar refractivity (Wildman–Crippen MR) is 87.8 cm³/mol. The molecule has 0 heterocycles. The Labute approximate surface area is 127 Å². The standard InChI is InChI=1S/C15H16BrNOS/c16-15-12-6-2-1-5-11(12)8-9-13(15)18-10-4-3-7-14(17)19/h1-2,5-6,8-9H,3-4,7,10H2,(H2,17,19). The molecule has 0 saturated heterocycles. The monoisotopic (exact) mass is 337 g/mol.